The van der Waals surface area contributed by atoms with Gasteiger partial charge < -0.3 is 14.5 Å². The maximum absolute atomic E-state index is 12.3. The average molecular weight is 488 g/mol. The van der Waals surface area contributed by atoms with E-state index in [1.165, 1.54) is 4.90 Å². The molecule has 0 saturated carbocycles. The Bertz CT molecular complexity index is 1260. The predicted molar refractivity (Wildman–Crippen MR) is 135 cm³/mol. The van der Waals surface area contributed by atoms with Gasteiger partial charge in [0.1, 0.15) is 0 Å². The Morgan fingerprint density at radius 2 is 1.51 bits per heavy atom. The first-order valence-corrected chi connectivity index (χ1v) is 12.2. The molecule has 0 spiro atoms. The molecule has 8 heteroatoms. The molecule has 0 aliphatic rings. The highest BCUT2D eigenvalue weighted by Gasteiger charge is 2.13. The Morgan fingerprint density at radius 1 is 0.886 bits per heavy atom. The largest absolute Gasteiger partial charge is 0.452 e. The number of carbonyl (C=O) groups excluding carboxylic acids is 2. The van der Waals surface area contributed by atoms with Crippen molar-refractivity contribution in [3.8, 4) is 22.9 Å². The van der Waals surface area contributed by atoms with Crippen LogP contribution in [-0.2, 0) is 9.53 Å². The van der Waals surface area contributed by atoms with E-state index in [1.54, 1.807) is 36.0 Å². The number of ether oxygens (including phenoxy) is 1. The van der Waals surface area contributed by atoms with Crippen molar-refractivity contribution >= 4 is 23.6 Å². The summed E-state index contributed by atoms with van der Waals surface area (Å²) in [5.74, 6) is 0.771. The van der Waals surface area contributed by atoms with Gasteiger partial charge in [0, 0.05) is 22.6 Å². The minimum absolute atomic E-state index is 0.323. The molecule has 0 aliphatic heterocycles. The van der Waals surface area contributed by atoms with Crippen LogP contribution in [0.15, 0.2) is 88.2 Å². The first-order valence-electron chi connectivity index (χ1n) is 11.2. The van der Waals surface area contributed by atoms with E-state index >= 15 is 0 Å². The molecule has 4 rings (SSSR count). The van der Waals surface area contributed by atoms with E-state index in [0.717, 1.165) is 23.3 Å². The van der Waals surface area contributed by atoms with Gasteiger partial charge in [-0.15, -0.1) is 22.0 Å². The number of hydrogen-bond acceptors (Lipinski definition) is 7. The maximum atomic E-state index is 12.3. The Balaban J connectivity index is 1.20. The number of esters is 1. The van der Waals surface area contributed by atoms with Gasteiger partial charge in [-0.2, -0.15) is 0 Å². The Labute approximate surface area is 207 Å². The minimum Gasteiger partial charge on any atom is -0.452 e. The molecular formula is C27H25N3O4S. The van der Waals surface area contributed by atoms with Crippen LogP contribution in [0, 0.1) is 6.92 Å². The molecule has 178 valence electrons. The number of nitrogens with one attached hydrogen (secondary N) is 1. The number of rotatable bonds is 10. The highest BCUT2D eigenvalue weighted by Crippen LogP contribution is 2.24. The third-order valence-electron chi connectivity index (χ3n) is 5.08. The van der Waals surface area contributed by atoms with Gasteiger partial charge in [0.05, 0.1) is 5.56 Å². The smallest absolute Gasteiger partial charge is 0.338 e. The number of aryl methyl sites for hydroxylation is 1. The van der Waals surface area contributed by atoms with Gasteiger partial charge in [-0.25, -0.2) is 4.79 Å². The second-order valence-corrected chi connectivity index (χ2v) is 8.97. The molecule has 7 nitrogen and oxygen atoms in total. The quantitative estimate of drug-likeness (QED) is 0.187. The summed E-state index contributed by atoms with van der Waals surface area (Å²) < 4.78 is 10.9. The van der Waals surface area contributed by atoms with Crippen molar-refractivity contribution < 1.29 is 18.7 Å². The molecule has 3 aromatic carbocycles. The molecule has 1 heterocycles. The second-order valence-electron chi connectivity index (χ2n) is 7.80. The zero-order valence-corrected chi connectivity index (χ0v) is 20.1. The fourth-order valence-corrected chi connectivity index (χ4v) is 4.05. The molecule has 0 radical (unpaired) electrons. The number of thioether (sulfide) groups is 1. The van der Waals surface area contributed by atoms with Crippen LogP contribution in [-0.4, -0.2) is 41.0 Å². The van der Waals surface area contributed by atoms with Crippen LogP contribution in [0.25, 0.3) is 22.9 Å². The lowest BCUT2D eigenvalue weighted by molar-refractivity contribution is -0.124. The lowest BCUT2D eigenvalue weighted by Gasteiger charge is -2.07. The number of benzene rings is 3. The SMILES string of the molecule is Cc1ccc(-c2nnc(-c3ccc(C(=O)OCC(=O)NCCCSc4ccccc4)cc3)o2)cc1. The maximum Gasteiger partial charge on any atom is 0.338 e. The molecule has 1 N–H and O–H groups in total. The van der Waals surface area contributed by atoms with Crippen molar-refractivity contribution in [2.75, 3.05) is 18.9 Å². The van der Waals surface area contributed by atoms with Crippen LogP contribution in [0.2, 0.25) is 0 Å². The van der Waals surface area contributed by atoms with Gasteiger partial charge in [-0.05, 0) is 67.6 Å². The molecule has 0 atom stereocenters. The van der Waals surface area contributed by atoms with Crippen LogP contribution in [0.5, 0.6) is 0 Å². The average Bonchev–Trinajstić information content (AvgIpc) is 3.38. The first-order chi connectivity index (χ1) is 17.1. The van der Waals surface area contributed by atoms with E-state index in [-0.39, 0.29) is 12.5 Å². The van der Waals surface area contributed by atoms with Gasteiger partial charge >= 0.3 is 5.97 Å². The molecular weight excluding hydrogens is 462 g/mol. The summed E-state index contributed by atoms with van der Waals surface area (Å²) in [5, 5.41) is 11.0. The summed E-state index contributed by atoms with van der Waals surface area (Å²) in [6.07, 6.45) is 0.821. The first kappa shape index (κ1) is 24.2. The van der Waals surface area contributed by atoms with Crippen LogP contribution in [0.1, 0.15) is 22.3 Å². The van der Waals surface area contributed by atoms with E-state index in [4.69, 9.17) is 9.15 Å². The van der Waals surface area contributed by atoms with Crippen molar-refractivity contribution in [3.63, 3.8) is 0 Å². The van der Waals surface area contributed by atoms with Crippen molar-refractivity contribution in [3.05, 3.63) is 90.0 Å². The van der Waals surface area contributed by atoms with E-state index < -0.39 is 5.97 Å². The number of nitrogens with zero attached hydrogens (tertiary/aromatic N) is 2. The van der Waals surface area contributed by atoms with Crippen molar-refractivity contribution in [1.29, 1.82) is 0 Å². The Kier molecular flexibility index (Phi) is 8.30. The van der Waals surface area contributed by atoms with Crippen LogP contribution in [0.3, 0.4) is 0 Å². The molecule has 1 aromatic heterocycles. The van der Waals surface area contributed by atoms with Crippen LogP contribution < -0.4 is 5.32 Å². The van der Waals surface area contributed by atoms with E-state index in [1.807, 2.05) is 49.4 Å². The van der Waals surface area contributed by atoms with Gasteiger partial charge in [-0.1, -0.05) is 35.9 Å². The summed E-state index contributed by atoms with van der Waals surface area (Å²) in [5.41, 5.74) is 2.99. The topological polar surface area (TPSA) is 94.3 Å². The van der Waals surface area contributed by atoms with Crippen LogP contribution in [0.4, 0.5) is 0 Å². The van der Waals surface area contributed by atoms with Crippen molar-refractivity contribution in [1.82, 2.24) is 15.5 Å². The van der Waals surface area contributed by atoms with E-state index in [0.29, 0.717) is 29.5 Å². The fraction of sp³-hybridized carbons (Fsp3) is 0.185. The lowest BCUT2D eigenvalue weighted by atomic mass is 10.1. The summed E-state index contributed by atoms with van der Waals surface area (Å²) in [6, 6.07) is 24.5. The Hall–Kier alpha value is -3.91. The predicted octanol–water partition coefficient (Wildman–Crippen LogP) is 5.17. The molecule has 0 fully saturated rings. The third-order valence-corrected chi connectivity index (χ3v) is 6.18. The summed E-state index contributed by atoms with van der Waals surface area (Å²) in [6.45, 7) is 2.21. The van der Waals surface area contributed by atoms with Gasteiger partial charge in [0.15, 0.2) is 6.61 Å². The Morgan fingerprint density at radius 3 is 2.17 bits per heavy atom. The molecule has 0 aliphatic carbocycles. The van der Waals surface area contributed by atoms with Gasteiger partial charge in [-0.3, -0.25) is 4.79 Å². The summed E-state index contributed by atoms with van der Waals surface area (Å²) >= 11 is 1.74. The molecule has 0 saturated heterocycles. The number of amides is 1. The number of aromatic nitrogens is 2. The number of carbonyl (C=O) groups is 2. The molecule has 1 amide bonds. The normalized spacial score (nSPS) is 10.7. The van der Waals surface area contributed by atoms with Gasteiger partial charge in [0.25, 0.3) is 5.91 Å². The summed E-state index contributed by atoms with van der Waals surface area (Å²) in [7, 11) is 0. The van der Waals surface area contributed by atoms with E-state index in [9.17, 15) is 9.59 Å². The molecule has 4 aromatic rings. The highest BCUT2D eigenvalue weighted by atomic mass is 32.2. The zero-order valence-electron chi connectivity index (χ0n) is 19.3. The zero-order chi connectivity index (χ0) is 24.5. The van der Waals surface area contributed by atoms with Gasteiger partial charge in [0.2, 0.25) is 11.8 Å². The van der Waals surface area contributed by atoms with Crippen molar-refractivity contribution in [2.24, 2.45) is 0 Å². The number of hydrogen-bond donors (Lipinski definition) is 1. The molecule has 0 unspecified atom stereocenters. The van der Waals surface area contributed by atoms with E-state index in [2.05, 4.69) is 27.6 Å². The molecule has 0 bridgehead atoms. The van der Waals surface area contributed by atoms with Crippen molar-refractivity contribution in [2.45, 2.75) is 18.2 Å². The fourth-order valence-electron chi connectivity index (χ4n) is 3.17. The third kappa shape index (κ3) is 7.04. The standard InChI is InChI=1S/C27H25N3O4S/c1-19-8-10-20(11-9-19)25-29-30-26(34-25)21-12-14-22(15-13-21)27(32)33-18-24(31)28-16-5-17-35-23-6-3-2-4-7-23/h2-4,6-15H,5,16-18H2,1H3,(H,28,31). The minimum atomic E-state index is -0.572. The monoisotopic (exact) mass is 487 g/mol. The summed E-state index contributed by atoms with van der Waals surface area (Å²) in [4.78, 5) is 25.5. The molecule has 35 heavy (non-hydrogen) atoms. The second kappa shape index (κ2) is 12.0. The highest BCUT2D eigenvalue weighted by molar-refractivity contribution is 7.99. The lowest BCUT2D eigenvalue weighted by Crippen LogP contribution is -2.29. The van der Waals surface area contributed by atoms with Crippen LogP contribution >= 0.6 is 11.8 Å².